The molecule has 214 valence electrons. The quantitative estimate of drug-likeness (QED) is 0.376. The summed E-state index contributed by atoms with van der Waals surface area (Å²) in [6.45, 7) is 3.27. The Bertz CT molecular complexity index is 1400. The van der Waals surface area contributed by atoms with Crippen LogP contribution in [0.4, 0.5) is 0 Å². The van der Waals surface area contributed by atoms with Gasteiger partial charge in [-0.2, -0.15) is 0 Å². The molecule has 0 N–H and O–H groups in total. The number of methoxy groups -OCH3 is 1. The molecule has 2 amide bonds. The van der Waals surface area contributed by atoms with Crippen LogP contribution in [-0.4, -0.2) is 67.5 Å². The molecule has 0 saturated carbocycles. The average molecular weight is 555 g/mol. The van der Waals surface area contributed by atoms with E-state index in [-0.39, 0.29) is 29.7 Å². The first-order valence-corrected chi connectivity index (χ1v) is 14.4. The molecule has 0 aromatic heterocycles. The molecule has 0 unspecified atom stereocenters. The lowest BCUT2D eigenvalue weighted by molar-refractivity contribution is -0.149. The van der Waals surface area contributed by atoms with Gasteiger partial charge in [-0.05, 0) is 61.4 Å². The summed E-state index contributed by atoms with van der Waals surface area (Å²) in [5, 5.41) is 0. The number of ether oxygens (including phenoxy) is 2. The maximum absolute atomic E-state index is 14.0. The maximum atomic E-state index is 14.0. The highest BCUT2D eigenvalue weighted by atomic mass is 16.5. The zero-order valence-corrected chi connectivity index (χ0v) is 24.0. The molecule has 0 radical (unpaired) electrons. The topological polar surface area (TPSA) is 76.2 Å². The molecule has 7 nitrogen and oxygen atoms in total. The first-order valence-electron chi connectivity index (χ1n) is 14.4. The molecule has 1 saturated heterocycles. The Kier molecular flexibility index (Phi) is 8.43. The molecular formula is C34H38N2O5. The number of likely N-dealkylation sites (tertiary alicyclic amines) is 1. The monoisotopic (exact) mass is 554 g/mol. The SMILES string of the molecule is CCOC(=O)[C@]1(c2ccccc2)CC[C@@H](C(=O)N2CCC(N(C)C(=O)c3ccccc3OC)CC2)c2ccccc21. The Balaban J connectivity index is 1.34. The fourth-order valence-corrected chi connectivity index (χ4v) is 6.57. The van der Waals surface area contributed by atoms with Crippen LogP contribution in [0.3, 0.4) is 0 Å². The van der Waals surface area contributed by atoms with Crippen LogP contribution in [0.1, 0.15) is 65.6 Å². The zero-order valence-electron chi connectivity index (χ0n) is 24.0. The number of benzene rings is 3. The van der Waals surface area contributed by atoms with Gasteiger partial charge in [-0.15, -0.1) is 0 Å². The molecule has 1 aliphatic heterocycles. The van der Waals surface area contributed by atoms with Gasteiger partial charge in [0.25, 0.3) is 5.91 Å². The second-order valence-electron chi connectivity index (χ2n) is 10.8. The number of piperidine rings is 1. The van der Waals surface area contributed by atoms with Crippen molar-refractivity contribution in [2.45, 2.75) is 50.0 Å². The van der Waals surface area contributed by atoms with Crippen LogP contribution >= 0.6 is 0 Å². The van der Waals surface area contributed by atoms with E-state index in [1.54, 1.807) is 24.1 Å². The lowest BCUT2D eigenvalue weighted by Gasteiger charge is -2.42. The third-order valence-electron chi connectivity index (χ3n) is 8.77. The number of esters is 1. The summed E-state index contributed by atoms with van der Waals surface area (Å²) in [7, 11) is 3.39. The minimum atomic E-state index is -0.945. The summed E-state index contributed by atoms with van der Waals surface area (Å²) < 4.78 is 11.0. The van der Waals surface area contributed by atoms with E-state index in [9.17, 15) is 14.4 Å². The van der Waals surface area contributed by atoms with Gasteiger partial charge in [-0.1, -0.05) is 66.7 Å². The molecule has 2 aliphatic rings. The smallest absolute Gasteiger partial charge is 0.321 e. The van der Waals surface area contributed by atoms with Crippen LogP contribution in [0.2, 0.25) is 0 Å². The second kappa shape index (κ2) is 12.2. The lowest BCUT2D eigenvalue weighted by atomic mass is 9.63. The highest BCUT2D eigenvalue weighted by Crippen LogP contribution is 2.48. The Hall–Kier alpha value is -4.13. The average Bonchev–Trinajstić information content (AvgIpc) is 3.03. The van der Waals surface area contributed by atoms with Gasteiger partial charge in [-0.3, -0.25) is 14.4 Å². The van der Waals surface area contributed by atoms with Gasteiger partial charge in [0.15, 0.2) is 0 Å². The van der Waals surface area contributed by atoms with Crippen molar-refractivity contribution in [2.75, 3.05) is 33.9 Å². The van der Waals surface area contributed by atoms with Crippen molar-refractivity contribution in [1.82, 2.24) is 9.80 Å². The van der Waals surface area contributed by atoms with Crippen molar-refractivity contribution in [3.05, 3.63) is 101 Å². The van der Waals surface area contributed by atoms with E-state index in [1.165, 1.54) is 0 Å². The minimum Gasteiger partial charge on any atom is -0.496 e. The number of fused-ring (bicyclic) bond motifs is 1. The Morgan fingerprint density at radius 3 is 2.27 bits per heavy atom. The number of hydrogen-bond donors (Lipinski definition) is 0. The van der Waals surface area contributed by atoms with Gasteiger partial charge in [0.05, 0.1) is 25.2 Å². The minimum absolute atomic E-state index is 0.0321. The predicted molar refractivity (Wildman–Crippen MR) is 157 cm³/mol. The fourth-order valence-electron chi connectivity index (χ4n) is 6.57. The van der Waals surface area contributed by atoms with Gasteiger partial charge in [-0.25, -0.2) is 0 Å². The van der Waals surface area contributed by atoms with Crippen LogP contribution in [0.15, 0.2) is 78.9 Å². The Morgan fingerprint density at radius 2 is 1.56 bits per heavy atom. The van der Waals surface area contributed by atoms with Crippen molar-refractivity contribution < 1.29 is 23.9 Å². The number of amides is 2. The van der Waals surface area contributed by atoms with Crippen molar-refractivity contribution in [3.8, 4) is 5.75 Å². The van der Waals surface area contributed by atoms with Crippen molar-refractivity contribution in [3.63, 3.8) is 0 Å². The molecule has 0 spiro atoms. The summed E-state index contributed by atoms with van der Waals surface area (Å²) in [4.78, 5) is 44.5. The molecule has 41 heavy (non-hydrogen) atoms. The molecule has 1 heterocycles. The summed E-state index contributed by atoms with van der Waals surface area (Å²) in [5.41, 5.74) is 2.23. The second-order valence-corrected chi connectivity index (χ2v) is 10.8. The summed E-state index contributed by atoms with van der Waals surface area (Å²) in [6, 6.07) is 24.9. The van der Waals surface area contributed by atoms with E-state index in [0.717, 1.165) is 16.7 Å². The van der Waals surface area contributed by atoms with Gasteiger partial charge in [0.2, 0.25) is 5.91 Å². The highest BCUT2D eigenvalue weighted by molar-refractivity contribution is 5.97. The number of carbonyl (C=O) groups is 3. The molecule has 7 heteroatoms. The number of carbonyl (C=O) groups excluding carboxylic acids is 3. The van der Waals surface area contributed by atoms with E-state index in [0.29, 0.717) is 56.7 Å². The molecular weight excluding hydrogens is 516 g/mol. The summed E-state index contributed by atoms with van der Waals surface area (Å²) in [6.07, 6.45) is 2.45. The van der Waals surface area contributed by atoms with E-state index >= 15 is 0 Å². The normalized spacial score (nSPS) is 20.6. The van der Waals surface area contributed by atoms with Crippen LogP contribution in [-0.2, 0) is 19.7 Å². The number of nitrogens with zero attached hydrogens (tertiary/aromatic N) is 2. The number of rotatable bonds is 7. The van der Waals surface area contributed by atoms with E-state index in [4.69, 9.17) is 9.47 Å². The van der Waals surface area contributed by atoms with Crippen molar-refractivity contribution >= 4 is 17.8 Å². The van der Waals surface area contributed by atoms with Crippen LogP contribution in [0, 0.1) is 0 Å². The van der Waals surface area contributed by atoms with Crippen LogP contribution in [0.25, 0.3) is 0 Å². The molecule has 2 atom stereocenters. The molecule has 3 aromatic rings. The largest absolute Gasteiger partial charge is 0.496 e. The van der Waals surface area contributed by atoms with Gasteiger partial charge < -0.3 is 19.3 Å². The van der Waals surface area contributed by atoms with E-state index < -0.39 is 5.41 Å². The van der Waals surface area contributed by atoms with E-state index in [1.807, 2.05) is 85.6 Å². The predicted octanol–water partition coefficient (Wildman–Crippen LogP) is 5.19. The van der Waals surface area contributed by atoms with Gasteiger partial charge in [0.1, 0.15) is 11.2 Å². The van der Waals surface area contributed by atoms with Crippen LogP contribution in [0.5, 0.6) is 5.75 Å². The van der Waals surface area contributed by atoms with E-state index in [2.05, 4.69) is 0 Å². The molecule has 5 rings (SSSR count). The zero-order chi connectivity index (χ0) is 29.0. The third-order valence-corrected chi connectivity index (χ3v) is 8.77. The number of para-hydroxylation sites is 1. The summed E-state index contributed by atoms with van der Waals surface area (Å²) >= 11 is 0. The molecule has 3 aromatic carbocycles. The van der Waals surface area contributed by atoms with Crippen LogP contribution < -0.4 is 4.74 Å². The van der Waals surface area contributed by atoms with Crippen molar-refractivity contribution in [2.24, 2.45) is 0 Å². The van der Waals surface area contributed by atoms with Gasteiger partial charge >= 0.3 is 5.97 Å². The Labute approximate surface area is 242 Å². The standard InChI is InChI=1S/C34H38N2O5/c1-4-41-33(39)34(24-12-6-5-7-13-24)21-18-27(26-14-8-10-16-29(26)34)32(38)36-22-19-25(20-23-36)35(2)31(37)28-15-9-11-17-30(28)40-3/h5-17,25,27H,4,18-23H2,1-3H3/t27-,34+/m1/s1. The van der Waals surface area contributed by atoms with Gasteiger partial charge in [0, 0.05) is 26.2 Å². The molecule has 1 fully saturated rings. The first-order chi connectivity index (χ1) is 19.9. The Morgan fingerprint density at radius 1 is 0.902 bits per heavy atom. The first kappa shape index (κ1) is 28.4. The highest BCUT2D eigenvalue weighted by Gasteiger charge is 2.50. The summed E-state index contributed by atoms with van der Waals surface area (Å²) in [5.74, 6) is -0.0397. The lowest BCUT2D eigenvalue weighted by Crippen LogP contribution is -2.50. The number of hydrogen-bond acceptors (Lipinski definition) is 5. The third kappa shape index (κ3) is 5.21. The maximum Gasteiger partial charge on any atom is 0.321 e. The fraction of sp³-hybridized carbons (Fsp3) is 0.382. The molecule has 1 aliphatic carbocycles. The van der Waals surface area contributed by atoms with Crippen molar-refractivity contribution in [1.29, 1.82) is 0 Å². The molecule has 0 bridgehead atoms.